The van der Waals surface area contributed by atoms with Crippen LogP contribution < -0.4 is 0 Å². The standard InChI is InChI=1S/C19H18/c1-3-7-16-14(5-1)15-6-2-4-8-17(15)19-13-10-9-12(11-13)18(16)19/h1-8,12-13,18-19H,9-11H2/t12-,13+,18-,19+. The molecule has 0 aromatic heterocycles. The lowest BCUT2D eigenvalue weighted by Gasteiger charge is -2.38. The molecule has 3 aliphatic carbocycles. The molecule has 4 atom stereocenters. The van der Waals surface area contributed by atoms with E-state index in [1.54, 1.807) is 11.1 Å². The lowest BCUT2D eigenvalue weighted by atomic mass is 9.66. The van der Waals surface area contributed by atoms with Gasteiger partial charge >= 0.3 is 0 Å². The van der Waals surface area contributed by atoms with Crippen LogP contribution >= 0.6 is 0 Å². The van der Waals surface area contributed by atoms with Crippen LogP contribution in [0.3, 0.4) is 0 Å². The van der Waals surface area contributed by atoms with Crippen molar-refractivity contribution in [3.05, 3.63) is 59.7 Å². The highest BCUT2D eigenvalue weighted by molar-refractivity contribution is 5.75. The highest BCUT2D eigenvalue weighted by Crippen LogP contribution is 2.64. The lowest BCUT2D eigenvalue weighted by Crippen LogP contribution is -2.23. The summed E-state index contributed by atoms with van der Waals surface area (Å²) >= 11 is 0. The first-order valence-electron chi connectivity index (χ1n) is 7.62. The maximum atomic E-state index is 2.39. The molecule has 3 aliphatic rings. The summed E-state index contributed by atoms with van der Waals surface area (Å²) in [6, 6.07) is 18.3. The number of benzene rings is 2. The van der Waals surface area contributed by atoms with Gasteiger partial charge in [-0.3, -0.25) is 0 Å². The lowest BCUT2D eigenvalue weighted by molar-refractivity contribution is 0.363. The summed E-state index contributed by atoms with van der Waals surface area (Å²) < 4.78 is 0. The van der Waals surface area contributed by atoms with Crippen LogP contribution in [0, 0.1) is 11.8 Å². The number of hydrogen-bond acceptors (Lipinski definition) is 0. The minimum Gasteiger partial charge on any atom is -0.0619 e. The molecule has 0 N–H and O–H groups in total. The van der Waals surface area contributed by atoms with Crippen LogP contribution in [0.1, 0.15) is 42.2 Å². The molecule has 2 bridgehead atoms. The van der Waals surface area contributed by atoms with Gasteiger partial charge < -0.3 is 0 Å². The van der Waals surface area contributed by atoms with E-state index in [1.165, 1.54) is 30.4 Å². The monoisotopic (exact) mass is 246 g/mol. The number of fused-ring (bicyclic) bond motifs is 10. The van der Waals surface area contributed by atoms with E-state index in [0.717, 1.165) is 23.7 Å². The summed E-state index contributed by atoms with van der Waals surface area (Å²) in [7, 11) is 0. The summed E-state index contributed by atoms with van der Waals surface area (Å²) in [5, 5.41) is 0. The van der Waals surface area contributed by atoms with E-state index in [-0.39, 0.29) is 0 Å². The van der Waals surface area contributed by atoms with Gasteiger partial charge in [-0.05, 0) is 65.2 Å². The molecule has 0 nitrogen and oxygen atoms in total. The van der Waals surface area contributed by atoms with Crippen molar-refractivity contribution in [1.82, 2.24) is 0 Å². The fourth-order valence-corrected chi connectivity index (χ4v) is 5.25. The molecule has 0 amide bonds. The quantitative estimate of drug-likeness (QED) is 0.616. The fourth-order valence-electron chi connectivity index (χ4n) is 5.25. The van der Waals surface area contributed by atoms with E-state index in [1.807, 2.05) is 0 Å². The predicted octanol–water partition coefficient (Wildman–Crippen LogP) is 4.96. The van der Waals surface area contributed by atoms with E-state index < -0.39 is 0 Å². The van der Waals surface area contributed by atoms with Crippen molar-refractivity contribution >= 4 is 0 Å². The van der Waals surface area contributed by atoms with Gasteiger partial charge in [-0.2, -0.15) is 0 Å². The Bertz CT molecular complexity index is 597. The second kappa shape index (κ2) is 3.50. The van der Waals surface area contributed by atoms with E-state index in [0.29, 0.717) is 0 Å². The molecule has 0 heteroatoms. The summed E-state index contributed by atoms with van der Waals surface area (Å²) in [4.78, 5) is 0. The van der Waals surface area contributed by atoms with Crippen molar-refractivity contribution in [1.29, 1.82) is 0 Å². The van der Waals surface area contributed by atoms with Crippen LogP contribution in [0.2, 0.25) is 0 Å². The Morgan fingerprint density at radius 3 is 1.63 bits per heavy atom. The van der Waals surface area contributed by atoms with E-state index in [9.17, 15) is 0 Å². The SMILES string of the molecule is c1ccc2c(c1)-c1ccccc1[C@H]1[C@@H]3CC[C@@H](C3)[C@@H]21. The van der Waals surface area contributed by atoms with Crippen LogP contribution in [0.4, 0.5) is 0 Å². The number of rotatable bonds is 0. The first kappa shape index (κ1) is 10.3. The maximum Gasteiger partial charge on any atom is -0.00556 e. The van der Waals surface area contributed by atoms with Gasteiger partial charge in [0.2, 0.25) is 0 Å². The smallest absolute Gasteiger partial charge is 0.00556 e. The highest BCUT2D eigenvalue weighted by atomic mass is 14.5. The molecular formula is C19H18. The predicted molar refractivity (Wildman–Crippen MR) is 78.2 cm³/mol. The molecule has 0 radical (unpaired) electrons. The third kappa shape index (κ3) is 1.20. The van der Waals surface area contributed by atoms with Gasteiger partial charge in [0.1, 0.15) is 0 Å². The fraction of sp³-hybridized carbons (Fsp3) is 0.368. The first-order chi connectivity index (χ1) is 9.43. The largest absolute Gasteiger partial charge is 0.0619 e. The second-order valence-electron chi connectivity index (χ2n) is 6.56. The van der Waals surface area contributed by atoms with Crippen molar-refractivity contribution in [2.24, 2.45) is 11.8 Å². The Labute approximate surface area is 114 Å². The Morgan fingerprint density at radius 1 is 0.632 bits per heavy atom. The molecule has 94 valence electrons. The Morgan fingerprint density at radius 2 is 1.11 bits per heavy atom. The summed E-state index contributed by atoms with van der Waals surface area (Å²) in [5.74, 6) is 3.52. The normalized spacial score (nSPS) is 33.7. The summed E-state index contributed by atoms with van der Waals surface area (Å²) in [6.45, 7) is 0. The van der Waals surface area contributed by atoms with E-state index in [2.05, 4.69) is 48.5 Å². The molecule has 2 fully saturated rings. The van der Waals surface area contributed by atoms with Gasteiger partial charge in [0.15, 0.2) is 0 Å². The van der Waals surface area contributed by atoms with Gasteiger partial charge in [-0.15, -0.1) is 0 Å². The van der Waals surface area contributed by atoms with Crippen molar-refractivity contribution < 1.29 is 0 Å². The maximum absolute atomic E-state index is 2.39. The molecule has 0 heterocycles. The third-order valence-corrected chi connectivity index (χ3v) is 5.85. The average molecular weight is 246 g/mol. The van der Waals surface area contributed by atoms with Crippen molar-refractivity contribution in [3.8, 4) is 11.1 Å². The Hall–Kier alpha value is -1.56. The van der Waals surface area contributed by atoms with Gasteiger partial charge in [-0.25, -0.2) is 0 Å². The van der Waals surface area contributed by atoms with E-state index >= 15 is 0 Å². The van der Waals surface area contributed by atoms with E-state index in [4.69, 9.17) is 0 Å². The Balaban J connectivity index is 1.83. The van der Waals surface area contributed by atoms with Crippen LogP contribution in [0.15, 0.2) is 48.5 Å². The molecule has 0 aliphatic heterocycles. The minimum absolute atomic E-state index is 0.810. The van der Waals surface area contributed by atoms with Gasteiger partial charge in [-0.1, -0.05) is 48.5 Å². The van der Waals surface area contributed by atoms with Gasteiger partial charge in [0, 0.05) is 0 Å². The zero-order valence-corrected chi connectivity index (χ0v) is 11.0. The highest BCUT2D eigenvalue weighted by Gasteiger charge is 2.51. The van der Waals surface area contributed by atoms with Crippen LogP contribution in [0.5, 0.6) is 0 Å². The van der Waals surface area contributed by atoms with Gasteiger partial charge in [0.05, 0.1) is 0 Å². The minimum atomic E-state index is 0.810. The Kier molecular flexibility index (Phi) is 1.89. The zero-order valence-electron chi connectivity index (χ0n) is 11.0. The molecular weight excluding hydrogens is 228 g/mol. The second-order valence-corrected chi connectivity index (χ2v) is 6.56. The molecule has 5 rings (SSSR count). The molecule has 0 spiro atoms. The first-order valence-corrected chi connectivity index (χ1v) is 7.62. The molecule has 19 heavy (non-hydrogen) atoms. The van der Waals surface area contributed by atoms with Gasteiger partial charge in [0.25, 0.3) is 0 Å². The molecule has 2 aromatic rings. The topological polar surface area (TPSA) is 0 Å². The van der Waals surface area contributed by atoms with Crippen LogP contribution in [0.25, 0.3) is 11.1 Å². The molecule has 2 saturated carbocycles. The zero-order chi connectivity index (χ0) is 12.4. The van der Waals surface area contributed by atoms with Crippen molar-refractivity contribution in [2.45, 2.75) is 31.1 Å². The third-order valence-electron chi connectivity index (χ3n) is 5.85. The molecule has 0 unspecified atom stereocenters. The number of hydrogen-bond donors (Lipinski definition) is 0. The molecule has 2 aromatic carbocycles. The van der Waals surface area contributed by atoms with Crippen LogP contribution in [-0.4, -0.2) is 0 Å². The molecule has 0 saturated heterocycles. The van der Waals surface area contributed by atoms with Crippen molar-refractivity contribution in [2.75, 3.05) is 0 Å². The summed E-state index contributed by atoms with van der Waals surface area (Å²) in [6.07, 6.45) is 4.39. The van der Waals surface area contributed by atoms with Crippen molar-refractivity contribution in [3.63, 3.8) is 0 Å². The summed E-state index contributed by atoms with van der Waals surface area (Å²) in [5.41, 5.74) is 6.29. The van der Waals surface area contributed by atoms with Crippen LogP contribution in [-0.2, 0) is 0 Å². The average Bonchev–Trinajstić information content (AvgIpc) is 3.09.